The second-order valence-corrected chi connectivity index (χ2v) is 7.46. The molecule has 1 N–H and O–H groups in total. The lowest BCUT2D eigenvalue weighted by Crippen LogP contribution is -2.49. The molecule has 0 radical (unpaired) electrons. The van der Waals surface area contributed by atoms with E-state index in [-0.39, 0.29) is 6.03 Å². The number of benzene rings is 2. The Labute approximate surface area is 177 Å². The maximum Gasteiger partial charge on any atom is 0.322 e. The molecule has 2 amide bonds. The zero-order valence-electron chi connectivity index (χ0n) is 17.2. The number of urea groups is 1. The van der Waals surface area contributed by atoms with Gasteiger partial charge in [-0.25, -0.2) is 4.79 Å². The molecule has 0 bridgehead atoms. The number of anilines is 1. The number of carbonyl (C=O) groups is 1. The molecule has 0 aromatic heterocycles. The fourth-order valence-electron chi connectivity index (χ4n) is 3.40. The largest absolute Gasteiger partial charge is 0.495 e. The molecule has 6 nitrogen and oxygen atoms in total. The van der Waals surface area contributed by atoms with Gasteiger partial charge in [0.25, 0.3) is 0 Å². The van der Waals surface area contributed by atoms with Crippen LogP contribution in [0.5, 0.6) is 11.5 Å². The maximum absolute atomic E-state index is 12.7. The summed E-state index contributed by atoms with van der Waals surface area (Å²) in [4.78, 5) is 16.9. The zero-order chi connectivity index (χ0) is 20.8. The minimum Gasteiger partial charge on any atom is -0.495 e. The smallest absolute Gasteiger partial charge is 0.322 e. The van der Waals surface area contributed by atoms with Crippen molar-refractivity contribution < 1.29 is 14.3 Å². The van der Waals surface area contributed by atoms with E-state index in [0.717, 1.165) is 26.1 Å². The summed E-state index contributed by atoms with van der Waals surface area (Å²) in [5.41, 5.74) is 3.18. The molecule has 1 saturated heterocycles. The number of carbonyl (C=O) groups excluding carboxylic acids is 1. The number of halogens is 1. The number of amides is 2. The monoisotopic (exact) mass is 417 g/mol. The Bertz CT molecular complexity index is 834. The van der Waals surface area contributed by atoms with E-state index < -0.39 is 0 Å². The number of aryl methyl sites for hydroxylation is 1. The van der Waals surface area contributed by atoms with Crippen molar-refractivity contribution in [2.24, 2.45) is 0 Å². The molecule has 0 unspecified atom stereocenters. The molecule has 0 spiro atoms. The van der Waals surface area contributed by atoms with Crippen LogP contribution in [-0.2, 0) is 13.0 Å². The summed E-state index contributed by atoms with van der Waals surface area (Å²) < 4.78 is 10.5. The van der Waals surface area contributed by atoms with Gasteiger partial charge in [-0.05, 0) is 23.6 Å². The number of nitrogens with one attached hydrogen (secondary N) is 1. The molecule has 156 valence electrons. The quantitative estimate of drug-likeness (QED) is 0.762. The van der Waals surface area contributed by atoms with Crippen LogP contribution in [0, 0.1) is 0 Å². The Kier molecular flexibility index (Phi) is 7.23. The third-order valence-corrected chi connectivity index (χ3v) is 5.51. The van der Waals surface area contributed by atoms with Crippen LogP contribution in [0.15, 0.2) is 36.4 Å². The Morgan fingerprint density at radius 2 is 1.62 bits per heavy atom. The van der Waals surface area contributed by atoms with Crippen LogP contribution in [-0.4, -0.2) is 56.2 Å². The van der Waals surface area contributed by atoms with E-state index in [1.807, 2.05) is 4.90 Å². The average Bonchev–Trinajstić information content (AvgIpc) is 2.75. The van der Waals surface area contributed by atoms with Crippen LogP contribution in [0.25, 0.3) is 0 Å². The van der Waals surface area contributed by atoms with Gasteiger partial charge in [-0.2, -0.15) is 0 Å². The lowest BCUT2D eigenvalue weighted by atomic mass is 10.1. The molecule has 29 heavy (non-hydrogen) atoms. The molecule has 2 aromatic carbocycles. The first-order chi connectivity index (χ1) is 14.0. The summed E-state index contributed by atoms with van der Waals surface area (Å²) in [6.45, 7) is 6.08. The topological polar surface area (TPSA) is 54.0 Å². The third-order valence-electron chi connectivity index (χ3n) is 5.21. The molecule has 3 rings (SSSR count). The molecule has 1 aliphatic rings. The molecule has 0 atom stereocenters. The average molecular weight is 418 g/mol. The number of hydrogen-bond donors (Lipinski definition) is 1. The van der Waals surface area contributed by atoms with Crippen LogP contribution in [0.4, 0.5) is 10.5 Å². The number of nitrogens with zero attached hydrogens (tertiary/aromatic N) is 2. The fourth-order valence-corrected chi connectivity index (χ4v) is 3.64. The first kappa shape index (κ1) is 21.3. The zero-order valence-corrected chi connectivity index (χ0v) is 18.0. The van der Waals surface area contributed by atoms with E-state index in [9.17, 15) is 4.79 Å². The molecular formula is C22H28ClN3O3. The molecule has 7 heteroatoms. The van der Waals surface area contributed by atoms with Crippen LogP contribution in [0.3, 0.4) is 0 Å². The second kappa shape index (κ2) is 9.85. The minimum atomic E-state index is -0.156. The van der Waals surface area contributed by atoms with Gasteiger partial charge in [0.2, 0.25) is 0 Å². The Morgan fingerprint density at radius 3 is 2.21 bits per heavy atom. The highest BCUT2D eigenvalue weighted by Gasteiger charge is 2.22. The van der Waals surface area contributed by atoms with Crippen LogP contribution >= 0.6 is 11.6 Å². The van der Waals surface area contributed by atoms with Crippen molar-refractivity contribution in [1.29, 1.82) is 0 Å². The first-order valence-corrected chi connectivity index (χ1v) is 10.2. The van der Waals surface area contributed by atoms with E-state index in [4.69, 9.17) is 21.1 Å². The van der Waals surface area contributed by atoms with E-state index in [1.54, 1.807) is 19.2 Å². The van der Waals surface area contributed by atoms with E-state index >= 15 is 0 Å². The molecular weight excluding hydrogens is 390 g/mol. The minimum absolute atomic E-state index is 0.156. The van der Waals surface area contributed by atoms with Gasteiger partial charge in [-0.15, -0.1) is 0 Å². The number of hydrogen-bond acceptors (Lipinski definition) is 4. The van der Waals surface area contributed by atoms with Gasteiger partial charge in [-0.1, -0.05) is 42.8 Å². The summed E-state index contributed by atoms with van der Waals surface area (Å²) in [5, 5.41) is 3.32. The van der Waals surface area contributed by atoms with E-state index in [0.29, 0.717) is 35.3 Å². The van der Waals surface area contributed by atoms with Gasteiger partial charge in [0, 0.05) is 38.8 Å². The van der Waals surface area contributed by atoms with Crippen LogP contribution in [0.1, 0.15) is 18.1 Å². The Morgan fingerprint density at radius 1 is 1.00 bits per heavy atom. The lowest BCUT2D eigenvalue weighted by Gasteiger charge is -2.34. The SMILES string of the molecule is CCc1ccc(CN2CCN(C(=O)Nc3cc(Cl)c(OC)cc3OC)CC2)cc1. The summed E-state index contributed by atoms with van der Waals surface area (Å²) in [7, 11) is 3.08. The highest BCUT2D eigenvalue weighted by molar-refractivity contribution is 6.32. The predicted octanol–water partition coefficient (Wildman–Crippen LogP) is 4.27. The van der Waals surface area contributed by atoms with Crippen molar-refractivity contribution in [2.45, 2.75) is 19.9 Å². The Hall–Kier alpha value is -2.44. The van der Waals surface area contributed by atoms with Crippen molar-refractivity contribution in [1.82, 2.24) is 9.80 Å². The molecule has 1 heterocycles. The van der Waals surface area contributed by atoms with Gasteiger partial charge in [0.05, 0.1) is 24.9 Å². The molecule has 1 aliphatic heterocycles. The van der Waals surface area contributed by atoms with Gasteiger partial charge >= 0.3 is 6.03 Å². The van der Waals surface area contributed by atoms with Crippen molar-refractivity contribution >= 4 is 23.3 Å². The number of methoxy groups -OCH3 is 2. The number of rotatable bonds is 6. The summed E-state index contributed by atoms with van der Waals surface area (Å²) >= 11 is 6.19. The van der Waals surface area contributed by atoms with Crippen molar-refractivity contribution in [2.75, 3.05) is 45.7 Å². The Balaban J connectivity index is 1.55. The van der Waals surface area contributed by atoms with Crippen molar-refractivity contribution in [3.8, 4) is 11.5 Å². The normalized spacial score (nSPS) is 14.6. The standard InChI is InChI=1S/C22H28ClN3O3/c1-4-16-5-7-17(8-6-16)15-25-9-11-26(12-10-25)22(27)24-19-13-18(23)20(28-2)14-21(19)29-3/h5-8,13-14H,4,9-12,15H2,1-3H3,(H,24,27). The van der Waals surface area contributed by atoms with E-state index in [2.05, 4.69) is 41.4 Å². The molecule has 2 aromatic rings. The van der Waals surface area contributed by atoms with Gasteiger partial charge in [0.1, 0.15) is 11.5 Å². The second-order valence-electron chi connectivity index (χ2n) is 7.05. The number of ether oxygens (including phenoxy) is 2. The van der Waals surface area contributed by atoms with Crippen LogP contribution < -0.4 is 14.8 Å². The fraction of sp³-hybridized carbons (Fsp3) is 0.409. The van der Waals surface area contributed by atoms with E-state index in [1.165, 1.54) is 18.2 Å². The predicted molar refractivity (Wildman–Crippen MR) is 116 cm³/mol. The maximum atomic E-state index is 12.7. The summed E-state index contributed by atoms with van der Waals surface area (Å²) in [6, 6.07) is 11.9. The van der Waals surface area contributed by atoms with Crippen molar-refractivity contribution in [3.05, 3.63) is 52.5 Å². The molecule has 1 fully saturated rings. The lowest BCUT2D eigenvalue weighted by molar-refractivity contribution is 0.143. The molecule has 0 aliphatic carbocycles. The highest BCUT2D eigenvalue weighted by atomic mass is 35.5. The van der Waals surface area contributed by atoms with Gasteiger partial charge < -0.3 is 19.7 Å². The van der Waals surface area contributed by atoms with Crippen molar-refractivity contribution in [3.63, 3.8) is 0 Å². The number of piperazine rings is 1. The third kappa shape index (κ3) is 5.34. The highest BCUT2D eigenvalue weighted by Crippen LogP contribution is 2.36. The first-order valence-electron chi connectivity index (χ1n) is 9.81. The summed E-state index contributed by atoms with van der Waals surface area (Å²) in [5.74, 6) is 1.01. The van der Waals surface area contributed by atoms with Gasteiger partial charge in [-0.3, -0.25) is 4.90 Å². The van der Waals surface area contributed by atoms with Gasteiger partial charge in [0.15, 0.2) is 0 Å². The summed E-state index contributed by atoms with van der Waals surface area (Å²) in [6.07, 6.45) is 1.05. The molecule has 0 saturated carbocycles. The van der Waals surface area contributed by atoms with Crippen LogP contribution in [0.2, 0.25) is 5.02 Å².